The van der Waals surface area contributed by atoms with Crippen LogP contribution in [0.5, 0.6) is 0 Å². The van der Waals surface area contributed by atoms with E-state index in [0.29, 0.717) is 12.4 Å². The van der Waals surface area contributed by atoms with E-state index in [9.17, 15) is 13.2 Å². The van der Waals surface area contributed by atoms with Gasteiger partial charge in [0.25, 0.3) is 0 Å². The molecule has 0 amide bonds. The maximum Gasteiger partial charge on any atom is 0.416 e. The Bertz CT molecular complexity index is 466. The molecule has 0 atom stereocenters. The summed E-state index contributed by atoms with van der Waals surface area (Å²) in [7, 11) is 0. The number of nitrogens with one attached hydrogen (secondary N) is 1. The standard InChI is InChI=1S/C11H12F3N3/c1-7-5-17(6-16-7)10-3-8(11(12,13)14)2-9(15)4-10/h2-5,16H,6,15H2,1H3. The van der Waals surface area contributed by atoms with Crippen LogP contribution in [0.3, 0.4) is 0 Å². The van der Waals surface area contributed by atoms with Gasteiger partial charge in [-0.15, -0.1) is 0 Å². The number of halogens is 3. The largest absolute Gasteiger partial charge is 0.416 e. The van der Waals surface area contributed by atoms with Gasteiger partial charge in [0.15, 0.2) is 0 Å². The molecule has 0 unspecified atom stereocenters. The van der Waals surface area contributed by atoms with E-state index in [1.54, 1.807) is 11.1 Å². The van der Waals surface area contributed by atoms with Gasteiger partial charge in [-0.05, 0) is 25.1 Å². The number of anilines is 2. The van der Waals surface area contributed by atoms with Gasteiger partial charge >= 0.3 is 6.18 Å². The van der Waals surface area contributed by atoms with E-state index < -0.39 is 11.7 Å². The van der Waals surface area contributed by atoms with Crippen molar-refractivity contribution in [1.82, 2.24) is 5.32 Å². The summed E-state index contributed by atoms with van der Waals surface area (Å²) in [6.07, 6.45) is -2.63. The van der Waals surface area contributed by atoms with Crippen LogP contribution in [0.1, 0.15) is 12.5 Å². The SMILES string of the molecule is CC1=CN(c2cc(N)cc(C(F)(F)F)c2)CN1. The van der Waals surface area contributed by atoms with E-state index >= 15 is 0 Å². The summed E-state index contributed by atoms with van der Waals surface area (Å²) in [5.41, 5.74) is 6.20. The molecular formula is C11H12F3N3. The molecule has 3 N–H and O–H groups in total. The number of benzene rings is 1. The number of allylic oxidation sites excluding steroid dienone is 1. The third kappa shape index (κ3) is 2.46. The predicted molar refractivity (Wildman–Crippen MR) is 60.1 cm³/mol. The molecule has 2 rings (SSSR count). The van der Waals surface area contributed by atoms with Gasteiger partial charge in [0, 0.05) is 23.3 Å². The van der Waals surface area contributed by atoms with Crippen molar-refractivity contribution in [3.05, 3.63) is 35.7 Å². The van der Waals surface area contributed by atoms with E-state index in [0.717, 1.165) is 17.8 Å². The second-order valence-electron chi connectivity index (χ2n) is 3.93. The quantitative estimate of drug-likeness (QED) is 0.745. The Kier molecular flexibility index (Phi) is 2.65. The van der Waals surface area contributed by atoms with Gasteiger partial charge in [0.1, 0.15) is 0 Å². The summed E-state index contributed by atoms with van der Waals surface area (Å²) in [6.45, 7) is 2.30. The fourth-order valence-corrected chi connectivity index (χ4v) is 1.66. The monoisotopic (exact) mass is 243 g/mol. The molecule has 1 aromatic carbocycles. The van der Waals surface area contributed by atoms with Gasteiger partial charge in [0.05, 0.1) is 12.2 Å². The van der Waals surface area contributed by atoms with E-state index in [2.05, 4.69) is 5.32 Å². The molecule has 0 bridgehead atoms. The molecule has 3 nitrogen and oxygen atoms in total. The number of nitrogen functional groups attached to an aromatic ring is 1. The van der Waals surface area contributed by atoms with E-state index in [4.69, 9.17) is 5.73 Å². The topological polar surface area (TPSA) is 41.3 Å². The van der Waals surface area contributed by atoms with Crippen LogP contribution in [0.25, 0.3) is 0 Å². The molecule has 1 aliphatic rings. The number of hydrogen-bond donors (Lipinski definition) is 2. The first kappa shape index (κ1) is 11.6. The van der Waals surface area contributed by atoms with Gasteiger partial charge in [-0.3, -0.25) is 0 Å². The highest BCUT2D eigenvalue weighted by Gasteiger charge is 2.31. The first-order chi connectivity index (χ1) is 7.86. The van der Waals surface area contributed by atoms with Crippen LogP contribution in [0, 0.1) is 0 Å². The zero-order valence-corrected chi connectivity index (χ0v) is 9.17. The Morgan fingerprint density at radius 3 is 2.53 bits per heavy atom. The average Bonchev–Trinajstić information content (AvgIpc) is 2.62. The van der Waals surface area contributed by atoms with Gasteiger partial charge in [-0.1, -0.05) is 0 Å². The zero-order valence-electron chi connectivity index (χ0n) is 9.17. The number of rotatable bonds is 1. The molecule has 17 heavy (non-hydrogen) atoms. The molecular weight excluding hydrogens is 231 g/mol. The van der Waals surface area contributed by atoms with Crippen LogP contribution in [0.15, 0.2) is 30.1 Å². The fraction of sp³-hybridized carbons (Fsp3) is 0.273. The number of nitrogens with two attached hydrogens (primary N) is 1. The van der Waals surface area contributed by atoms with Crippen molar-refractivity contribution in [2.45, 2.75) is 13.1 Å². The number of hydrogen-bond acceptors (Lipinski definition) is 3. The third-order valence-corrected chi connectivity index (χ3v) is 2.48. The minimum Gasteiger partial charge on any atom is -0.399 e. The van der Waals surface area contributed by atoms with Crippen molar-refractivity contribution in [2.75, 3.05) is 17.3 Å². The zero-order chi connectivity index (χ0) is 12.6. The molecule has 0 radical (unpaired) electrons. The summed E-state index contributed by atoms with van der Waals surface area (Å²) >= 11 is 0. The number of nitrogens with zero attached hydrogens (tertiary/aromatic N) is 1. The minimum atomic E-state index is -4.38. The minimum absolute atomic E-state index is 0.104. The van der Waals surface area contributed by atoms with E-state index in [1.165, 1.54) is 6.07 Å². The Hall–Kier alpha value is -1.85. The van der Waals surface area contributed by atoms with Crippen molar-refractivity contribution in [1.29, 1.82) is 0 Å². The first-order valence-electron chi connectivity index (χ1n) is 5.03. The van der Waals surface area contributed by atoms with Gasteiger partial charge in [-0.2, -0.15) is 13.2 Å². The normalized spacial score (nSPS) is 15.8. The lowest BCUT2D eigenvalue weighted by molar-refractivity contribution is -0.137. The van der Waals surface area contributed by atoms with Gasteiger partial charge in [0.2, 0.25) is 0 Å². The molecule has 0 saturated heterocycles. The second kappa shape index (κ2) is 3.87. The lowest BCUT2D eigenvalue weighted by Crippen LogP contribution is -2.21. The average molecular weight is 243 g/mol. The summed E-state index contributed by atoms with van der Waals surface area (Å²) in [5.74, 6) is 0. The molecule has 6 heteroatoms. The van der Waals surface area contributed by atoms with Crippen LogP contribution < -0.4 is 16.0 Å². The maximum atomic E-state index is 12.6. The highest BCUT2D eigenvalue weighted by Crippen LogP contribution is 2.34. The maximum absolute atomic E-state index is 12.6. The Labute approximate surface area is 96.7 Å². The van der Waals surface area contributed by atoms with Crippen molar-refractivity contribution >= 4 is 11.4 Å². The summed E-state index contributed by atoms with van der Waals surface area (Å²) in [6, 6.07) is 3.54. The third-order valence-electron chi connectivity index (χ3n) is 2.48. The first-order valence-corrected chi connectivity index (χ1v) is 5.03. The molecule has 92 valence electrons. The molecule has 0 fully saturated rings. The second-order valence-corrected chi connectivity index (χ2v) is 3.93. The lowest BCUT2D eigenvalue weighted by atomic mass is 10.1. The molecule has 0 aliphatic carbocycles. The molecule has 0 saturated carbocycles. The van der Waals surface area contributed by atoms with Gasteiger partial charge < -0.3 is 16.0 Å². The molecule has 0 spiro atoms. The van der Waals surface area contributed by atoms with Crippen molar-refractivity contribution in [3.8, 4) is 0 Å². The van der Waals surface area contributed by atoms with Crippen LogP contribution >= 0.6 is 0 Å². The summed E-state index contributed by atoms with van der Waals surface area (Å²) in [4.78, 5) is 1.68. The molecule has 1 aliphatic heterocycles. The molecule has 1 heterocycles. The molecule has 1 aromatic rings. The van der Waals surface area contributed by atoms with Crippen molar-refractivity contribution in [3.63, 3.8) is 0 Å². The highest BCUT2D eigenvalue weighted by molar-refractivity contribution is 5.61. The van der Waals surface area contributed by atoms with Crippen LogP contribution in [-0.2, 0) is 6.18 Å². The van der Waals surface area contributed by atoms with E-state index in [1.807, 2.05) is 6.92 Å². The summed E-state index contributed by atoms with van der Waals surface area (Å²) in [5, 5.41) is 3.01. The Morgan fingerprint density at radius 2 is 2.00 bits per heavy atom. The predicted octanol–water partition coefficient (Wildman–Crippen LogP) is 2.52. The van der Waals surface area contributed by atoms with Crippen molar-refractivity contribution < 1.29 is 13.2 Å². The van der Waals surface area contributed by atoms with Crippen molar-refractivity contribution in [2.24, 2.45) is 0 Å². The smallest absolute Gasteiger partial charge is 0.399 e. The summed E-state index contributed by atoms with van der Waals surface area (Å²) < 4.78 is 37.8. The van der Waals surface area contributed by atoms with E-state index in [-0.39, 0.29) is 5.69 Å². The van der Waals surface area contributed by atoms with Crippen LogP contribution in [-0.4, -0.2) is 6.67 Å². The number of alkyl halides is 3. The van der Waals surface area contributed by atoms with Crippen LogP contribution in [0.2, 0.25) is 0 Å². The lowest BCUT2D eigenvalue weighted by Gasteiger charge is -2.17. The Balaban J connectivity index is 2.39. The highest BCUT2D eigenvalue weighted by atomic mass is 19.4. The fourth-order valence-electron chi connectivity index (χ4n) is 1.66. The Morgan fingerprint density at radius 1 is 1.29 bits per heavy atom. The van der Waals surface area contributed by atoms with Crippen LogP contribution in [0.4, 0.5) is 24.5 Å². The van der Waals surface area contributed by atoms with Gasteiger partial charge in [-0.25, -0.2) is 0 Å². The molecule has 0 aromatic heterocycles.